The predicted octanol–water partition coefficient (Wildman–Crippen LogP) is 2.72. The molecule has 3 aromatic rings. The van der Waals surface area contributed by atoms with Gasteiger partial charge in [-0.05, 0) is 18.2 Å². The van der Waals surface area contributed by atoms with Gasteiger partial charge in [0.25, 0.3) is 5.69 Å². The maximum Gasteiger partial charge on any atom is 0.359 e. The van der Waals surface area contributed by atoms with Crippen LogP contribution in [0.3, 0.4) is 0 Å². The van der Waals surface area contributed by atoms with E-state index >= 15 is 0 Å². The zero-order valence-electron chi connectivity index (χ0n) is 11.6. The van der Waals surface area contributed by atoms with E-state index in [2.05, 4.69) is 5.10 Å². The van der Waals surface area contributed by atoms with Gasteiger partial charge < -0.3 is 4.74 Å². The van der Waals surface area contributed by atoms with Gasteiger partial charge in [-0.3, -0.25) is 10.1 Å². The lowest BCUT2D eigenvalue weighted by Gasteiger charge is -2.02. The molecule has 0 radical (unpaired) electrons. The molecule has 1 heterocycles. The number of ether oxygens (including phenoxy) is 1. The molecule has 0 bridgehead atoms. The molecule has 7 nitrogen and oxygen atoms in total. The number of carbonyl (C=O) groups is 1. The monoisotopic (exact) mass is 297 g/mol. The number of nitrogens with zero attached hydrogens (tertiary/aromatic N) is 3. The second-order valence-electron chi connectivity index (χ2n) is 4.54. The molecule has 0 fully saturated rings. The Morgan fingerprint density at radius 2 is 1.86 bits per heavy atom. The SMILES string of the molecule is COC(=O)c1nn(-c2ccc([N+](=O)[O-])cc2)c2ccccc12. The lowest BCUT2D eigenvalue weighted by atomic mass is 10.2. The van der Waals surface area contributed by atoms with Crippen molar-refractivity contribution < 1.29 is 14.5 Å². The summed E-state index contributed by atoms with van der Waals surface area (Å²) in [5.41, 5.74) is 1.54. The number of carbonyl (C=O) groups excluding carboxylic acids is 1. The molecule has 0 atom stereocenters. The van der Waals surface area contributed by atoms with Gasteiger partial charge in [0.2, 0.25) is 0 Å². The lowest BCUT2D eigenvalue weighted by molar-refractivity contribution is -0.384. The van der Waals surface area contributed by atoms with Crippen molar-refractivity contribution >= 4 is 22.6 Å². The first kappa shape index (κ1) is 13.7. The molecule has 0 saturated heterocycles. The molecule has 0 amide bonds. The number of nitro benzene ring substituents is 1. The van der Waals surface area contributed by atoms with Gasteiger partial charge in [0.1, 0.15) is 0 Å². The van der Waals surface area contributed by atoms with E-state index in [0.29, 0.717) is 11.1 Å². The van der Waals surface area contributed by atoms with Crippen LogP contribution in [-0.4, -0.2) is 27.8 Å². The number of para-hydroxylation sites is 1. The van der Waals surface area contributed by atoms with Crippen LogP contribution in [0.25, 0.3) is 16.6 Å². The average molecular weight is 297 g/mol. The standard InChI is InChI=1S/C15H11N3O4/c1-22-15(19)14-12-4-2-3-5-13(12)17(16-14)10-6-8-11(9-7-10)18(20)21/h2-9H,1H3. The fraction of sp³-hybridized carbons (Fsp3) is 0.0667. The number of fused-ring (bicyclic) bond motifs is 1. The first-order valence-electron chi connectivity index (χ1n) is 6.42. The fourth-order valence-corrected chi connectivity index (χ4v) is 2.23. The maximum atomic E-state index is 11.8. The van der Waals surface area contributed by atoms with Crippen molar-refractivity contribution in [2.75, 3.05) is 7.11 Å². The third-order valence-corrected chi connectivity index (χ3v) is 3.27. The molecular formula is C15H11N3O4. The zero-order chi connectivity index (χ0) is 15.7. The van der Waals surface area contributed by atoms with Gasteiger partial charge in [-0.1, -0.05) is 18.2 Å². The first-order chi connectivity index (χ1) is 10.6. The van der Waals surface area contributed by atoms with Crippen molar-refractivity contribution in [2.45, 2.75) is 0 Å². The second kappa shape index (κ2) is 5.28. The fourth-order valence-electron chi connectivity index (χ4n) is 2.23. The van der Waals surface area contributed by atoms with Gasteiger partial charge in [0.15, 0.2) is 5.69 Å². The molecule has 0 N–H and O–H groups in total. The summed E-state index contributed by atoms with van der Waals surface area (Å²) in [6.45, 7) is 0. The Bertz CT molecular complexity index is 868. The Morgan fingerprint density at radius 1 is 1.18 bits per heavy atom. The minimum Gasteiger partial charge on any atom is -0.464 e. The van der Waals surface area contributed by atoms with Crippen molar-refractivity contribution in [3.8, 4) is 5.69 Å². The van der Waals surface area contributed by atoms with E-state index < -0.39 is 10.9 Å². The molecule has 0 aliphatic rings. The topological polar surface area (TPSA) is 87.3 Å². The molecule has 22 heavy (non-hydrogen) atoms. The highest BCUT2D eigenvalue weighted by Gasteiger charge is 2.18. The van der Waals surface area contributed by atoms with Crippen LogP contribution in [0.15, 0.2) is 48.5 Å². The summed E-state index contributed by atoms with van der Waals surface area (Å²) in [7, 11) is 1.29. The van der Waals surface area contributed by atoms with E-state index in [9.17, 15) is 14.9 Å². The van der Waals surface area contributed by atoms with Crippen LogP contribution in [0.4, 0.5) is 5.69 Å². The van der Waals surface area contributed by atoms with Crippen molar-refractivity contribution in [1.29, 1.82) is 0 Å². The Kier molecular flexibility index (Phi) is 3.30. The normalized spacial score (nSPS) is 10.6. The number of nitro groups is 1. The van der Waals surface area contributed by atoms with E-state index in [1.165, 1.54) is 19.2 Å². The number of aromatic nitrogens is 2. The Hall–Kier alpha value is -3.22. The zero-order valence-corrected chi connectivity index (χ0v) is 11.6. The van der Waals surface area contributed by atoms with Crippen LogP contribution in [0.5, 0.6) is 0 Å². The summed E-state index contributed by atoms with van der Waals surface area (Å²) >= 11 is 0. The third-order valence-electron chi connectivity index (χ3n) is 3.27. The number of benzene rings is 2. The first-order valence-corrected chi connectivity index (χ1v) is 6.42. The molecule has 0 aliphatic carbocycles. The molecule has 0 spiro atoms. The van der Waals surface area contributed by atoms with Gasteiger partial charge in [-0.25, -0.2) is 9.48 Å². The van der Waals surface area contributed by atoms with Gasteiger partial charge in [-0.2, -0.15) is 5.10 Å². The van der Waals surface area contributed by atoms with E-state index in [1.54, 1.807) is 28.9 Å². The van der Waals surface area contributed by atoms with Crippen LogP contribution in [0.1, 0.15) is 10.5 Å². The maximum absolute atomic E-state index is 11.8. The van der Waals surface area contributed by atoms with Crippen LogP contribution < -0.4 is 0 Å². The highest BCUT2D eigenvalue weighted by atomic mass is 16.6. The largest absolute Gasteiger partial charge is 0.464 e. The van der Waals surface area contributed by atoms with Crippen LogP contribution >= 0.6 is 0 Å². The number of esters is 1. The average Bonchev–Trinajstić information content (AvgIpc) is 2.94. The Balaban J connectivity index is 2.18. The Morgan fingerprint density at radius 3 is 2.50 bits per heavy atom. The van der Waals surface area contributed by atoms with Crippen molar-refractivity contribution in [3.63, 3.8) is 0 Å². The molecule has 0 aliphatic heterocycles. The molecule has 0 saturated carbocycles. The molecule has 2 aromatic carbocycles. The summed E-state index contributed by atoms with van der Waals surface area (Å²) < 4.78 is 6.30. The molecule has 3 rings (SSSR count). The van der Waals surface area contributed by atoms with E-state index in [-0.39, 0.29) is 11.4 Å². The van der Waals surface area contributed by atoms with Gasteiger partial charge in [-0.15, -0.1) is 0 Å². The van der Waals surface area contributed by atoms with Crippen molar-refractivity contribution in [1.82, 2.24) is 9.78 Å². The number of rotatable bonds is 3. The van der Waals surface area contributed by atoms with E-state index in [0.717, 1.165) is 5.52 Å². The molecule has 0 unspecified atom stereocenters. The van der Waals surface area contributed by atoms with Crippen LogP contribution in [0, 0.1) is 10.1 Å². The highest BCUT2D eigenvalue weighted by Crippen LogP contribution is 2.23. The van der Waals surface area contributed by atoms with E-state index in [4.69, 9.17) is 4.74 Å². The summed E-state index contributed by atoms with van der Waals surface area (Å²) in [5.74, 6) is -0.531. The quantitative estimate of drug-likeness (QED) is 0.421. The highest BCUT2D eigenvalue weighted by molar-refractivity contribution is 6.02. The minimum atomic E-state index is -0.531. The van der Waals surface area contributed by atoms with E-state index in [1.807, 2.05) is 12.1 Å². The van der Waals surface area contributed by atoms with Gasteiger partial charge in [0.05, 0.1) is 23.2 Å². The lowest BCUT2D eigenvalue weighted by Crippen LogP contribution is -2.04. The molecular weight excluding hydrogens is 286 g/mol. The minimum absolute atomic E-state index is 0.00611. The number of non-ortho nitro benzene ring substituents is 1. The predicted molar refractivity (Wildman–Crippen MR) is 79.1 cm³/mol. The third kappa shape index (κ3) is 2.18. The summed E-state index contributed by atoms with van der Waals surface area (Å²) in [5, 5.41) is 15.7. The molecule has 110 valence electrons. The smallest absolute Gasteiger partial charge is 0.359 e. The number of hydrogen-bond donors (Lipinski definition) is 0. The summed E-state index contributed by atoms with van der Waals surface area (Å²) in [6, 6.07) is 13.2. The number of hydrogen-bond acceptors (Lipinski definition) is 5. The van der Waals surface area contributed by atoms with Crippen LogP contribution in [0.2, 0.25) is 0 Å². The summed E-state index contributed by atoms with van der Waals surface area (Å²) in [6.07, 6.45) is 0. The van der Waals surface area contributed by atoms with Gasteiger partial charge >= 0.3 is 5.97 Å². The van der Waals surface area contributed by atoms with Crippen LogP contribution in [-0.2, 0) is 4.74 Å². The Labute approximate surface area is 124 Å². The molecule has 7 heteroatoms. The van der Waals surface area contributed by atoms with Crippen molar-refractivity contribution in [3.05, 3.63) is 64.3 Å². The number of methoxy groups -OCH3 is 1. The van der Waals surface area contributed by atoms with Crippen molar-refractivity contribution in [2.24, 2.45) is 0 Å². The second-order valence-corrected chi connectivity index (χ2v) is 4.54. The summed E-state index contributed by atoms with van der Waals surface area (Å²) in [4.78, 5) is 22.1. The molecule has 1 aromatic heterocycles. The van der Waals surface area contributed by atoms with Gasteiger partial charge in [0, 0.05) is 17.5 Å².